The van der Waals surface area contributed by atoms with Gasteiger partial charge in [0.25, 0.3) is 0 Å². The van der Waals surface area contributed by atoms with Crippen LogP contribution in [0.1, 0.15) is 38.2 Å². The van der Waals surface area contributed by atoms with Gasteiger partial charge >= 0.3 is 0 Å². The molecule has 4 rings (SSSR count). The fourth-order valence-electron chi connectivity index (χ4n) is 4.82. The summed E-state index contributed by atoms with van der Waals surface area (Å²) in [6.45, 7) is 4.58. The molecule has 0 amide bonds. The molecule has 2 aromatic rings. The molecule has 28 heavy (non-hydrogen) atoms. The van der Waals surface area contributed by atoms with Crippen molar-refractivity contribution in [1.82, 2.24) is 9.80 Å². The van der Waals surface area contributed by atoms with Crippen molar-refractivity contribution in [2.75, 3.05) is 27.2 Å². The number of piperidine rings is 1. The highest BCUT2D eigenvalue weighted by atomic mass is 15.4. The third kappa shape index (κ3) is 3.45. The van der Waals surface area contributed by atoms with E-state index in [2.05, 4.69) is 91.6 Å². The van der Waals surface area contributed by atoms with E-state index in [9.17, 15) is 0 Å². The van der Waals surface area contributed by atoms with Crippen molar-refractivity contribution in [2.45, 2.75) is 38.3 Å². The monoisotopic (exact) mass is 373 g/mol. The van der Waals surface area contributed by atoms with Crippen LogP contribution in [0.4, 0.5) is 0 Å². The van der Waals surface area contributed by atoms with Crippen molar-refractivity contribution in [3.05, 3.63) is 65.9 Å². The van der Waals surface area contributed by atoms with E-state index in [-0.39, 0.29) is 5.66 Å². The van der Waals surface area contributed by atoms with Crippen molar-refractivity contribution >= 4 is 22.6 Å². The summed E-state index contributed by atoms with van der Waals surface area (Å²) in [6.07, 6.45) is 11.4. The first-order valence-electron chi connectivity index (χ1n) is 10.4. The zero-order valence-corrected chi connectivity index (χ0v) is 17.4. The van der Waals surface area contributed by atoms with E-state index in [4.69, 9.17) is 4.99 Å². The average Bonchev–Trinajstić information content (AvgIpc) is 2.73. The second-order valence-electron chi connectivity index (χ2n) is 8.27. The maximum atomic E-state index is 4.79. The predicted octanol–water partition coefficient (Wildman–Crippen LogP) is 5.35. The van der Waals surface area contributed by atoms with Gasteiger partial charge in [-0.05, 0) is 61.8 Å². The van der Waals surface area contributed by atoms with E-state index in [0.29, 0.717) is 0 Å². The number of aliphatic imine (C=N–C) groups is 1. The van der Waals surface area contributed by atoms with Crippen molar-refractivity contribution in [3.8, 4) is 0 Å². The molecule has 0 aromatic heterocycles. The SMILES string of the molecule is CC1=CN=C(/C=C\c2cccc3ccccc23)CC1(N(C)C)N1CCCCC1. The number of nitrogens with zero attached hydrogens (tertiary/aromatic N) is 3. The van der Waals surface area contributed by atoms with E-state index in [1.54, 1.807) is 0 Å². The Hall–Kier alpha value is -2.23. The van der Waals surface area contributed by atoms with E-state index < -0.39 is 0 Å². The van der Waals surface area contributed by atoms with E-state index >= 15 is 0 Å². The molecule has 3 nitrogen and oxygen atoms in total. The van der Waals surface area contributed by atoms with Gasteiger partial charge < -0.3 is 0 Å². The number of benzene rings is 2. The lowest BCUT2D eigenvalue weighted by Gasteiger charge is -2.51. The number of likely N-dealkylation sites (N-methyl/N-ethyl adjacent to an activating group) is 1. The van der Waals surface area contributed by atoms with Crippen LogP contribution in [0, 0.1) is 0 Å². The van der Waals surface area contributed by atoms with E-state index in [1.165, 1.54) is 54.3 Å². The van der Waals surface area contributed by atoms with Gasteiger partial charge in [-0.1, -0.05) is 55.0 Å². The zero-order valence-electron chi connectivity index (χ0n) is 17.4. The van der Waals surface area contributed by atoms with Gasteiger partial charge in [-0.2, -0.15) is 0 Å². The van der Waals surface area contributed by atoms with Gasteiger partial charge in [0.15, 0.2) is 0 Å². The average molecular weight is 374 g/mol. The minimum absolute atomic E-state index is 0.0550. The Morgan fingerprint density at radius 2 is 1.71 bits per heavy atom. The molecular weight excluding hydrogens is 342 g/mol. The lowest BCUT2D eigenvalue weighted by molar-refractivity contribution is -0.00849. The standard InChI is InChI=1S/C25H31N3/c1-20-19-26-23(18-25(20,27(2)3)28-16-7-4-8-17-28)15-14-22-12-9-11-21-10-5-6-13-24(21)22/h5-6,9-15,19H,4,7-8,16-18H2,1-3H3/b15-14-. The summed E-state index contributed by atoms with van der Waals surface area (Å²) in [6, 6.07) is 15.1. The largest absolute Gasteiger partial charge is 0.288 e. The van der Waals surface area contributed by atoms with E-state index in [1.807, 2.05) is 0 Å². The van der Waals surface area contributed by atoms with Crippen molar-refractivity contribution < 1.29 is 0 Å². The number of allylic oxidation sites excluding steroid dienone is 1. The first kappa shape index (κ1) is 19.1. The maximum absolute atomic E-state index is 4.79. The predicted molar refractivity (Wildman–Crippen MR) is 121 cm³/mol. The van der Waals surface area contributed by atoms with Crippen LogP contribution in [0.25, 0.3) is 16.8 Å². The third-order valence-corrected chi connectivity index (χ3v) is 6.38. The number of rotatable bonds is 4. The summed E-state index contributed by atoms with van der Waals surface area (Å²) in [7, 11) is 4.42. The summed E-state index contributed by atoms with van der Waals surface area (Å²) in [5.74, 6) is 0. The summed E-state index contributed by atoms with van der Waals surface area (Å²) in [4.78, 5) is 9.86. The smallest absolute Gasteiger partial charge is 0.103 e. The van der Waals surface area contributed by atoms with Crippen LogP contribution in [0.15, 0.2) is 65.3 Å². The first-order chi connectivity index (χ1) is 13.6. The summed E-state index contributed by atoms with van der Waals surface area (Å²) in [5, 5.41) is 2.57. The Bertz CT molecular complexity index is 926. The Morgan fingerprint density at radius 3 is 2.50 bits per heavy atom. The van der Waals surface area contributed by atoms with Crippen molar-refractivity contribution in [1.29, 1.82) is 0 Å². The molecule has 0 spiro atoms. The van der Waals surface area contributed by atoms with Gasteiger partial charge in [0.1, 0.15) is 5.66 Å². The molecule has 3 heteroatoms. The molecule has 1 atom stereocenters. The normalized spacial score (nSPS) is 24.0. The fraction of sp³-hybridized carbons (Fsp3) is 0.400. The molecule has 2 heterocycles. The molecule has 0 aliphatic carbocycles. The highest BCUT2D eigenvalue weighted by Gasteiger charge is 2.43. The molecular formula is C25H31N3. The molecule has 0 radical (unpaired) electrons. The lowest BCUT2D eigenvalue weighted by atomic mass is 9.87. The van der Waals surface area contributed by atoms with Crippen LogP contribution in [0.5, 0.6) is 0 Å². The van der Waals surface area contributed by atoms with Gasteiger partial charge in [-0.25, -0.2) is 0 Å². The topological polar surface area (TPSA) is 18.8 Å². The van der Waals surface area contributed by atoms with Gasteiger partial charge in [0.2, 0.25) is 0 Å². The Kier molecular flexibility index (Phi) is 5.47. The van der Waals surface area contributed by atoms with Crippen LogP contribution in [-0.4, -0.2) is 48.4 Å². The molecule has 1 fully saturated rings. The molecule has 0 N–H and O–H groups in total. The van der Waals surface area contributed by atoms with Crippen LogP contribution in [0.3, 0.4) is 0 Å². The molecule has 1 unspecified atom stereocenters. The molecule has 2 aliphatic heterocycles. The summed E-state index contributed by atoms with van der Waals surface area (Å²) < 4.78 is 0. The van der Waals surface area contributed by atoms with Crippen LogP contribution >= 0.6 is 0 Å². The second kappa shape index (κ2) is 8.02. The highest BCUT2D eigenvalue weighted by Crippen LogP contribution is 2.36. The van der Waals surface area contributed by atoms with Crippen molar-refractivity contribution in [3.63, 3.8) is 0 Å². The number of hydrogen-bond donors (Lipinski definition) is 0. The molecule has 0 saturated carbocycles. The van der Waals surface area contributed by atoms with Gasteiger partial charge in [0, 0.05) is 31.4 Å². The minimum atomic E-state index is -0.0550. The van der Waals surface area contributed by atoms with E-state index in [0.717, 1.165) is 12.1 Å². The molecule has 0 bridgehead atoms. The maximum Gasteiger partial charge on any atom is 0.103 e. The molecule has 146 valence electrons. The van der Waals surface area contributed by atoms with Gasteiger partial charge in [-0.3, -0.25) is 14.8 Å². The molecule has 2 aromatic carbocycles. The third-order valence-electron chi connectivity index (χ3n) is 6.38. The Balaban J connectivity index is 1.64. The van der Waals surface area contributed by atoms with Crippen molar-refractivity contribution in [2.24, 2.45) is 4.99 Å². The fourth-order valence-corrected chi connectivity index (χ4v) is 4.82. The Labute approximate surface area is 169 Å². The lowest BCUT2D eigenvalue weighted by Crippen LogP contribution is -2.61. The second-order valence-corrected chi connectivity index (χ2v) is 8.27. The van der Waals surface area contributed by atoms with Crippen LogP contribution in [0.2, 0.25) is 0 Å². The summed E-state index contributed by atoms with van der Waals surface area (Å²) >= 11 is 0. The molecule has 2 aliphatic rings. The van der Waals surface area contributed by atoms with Gasteiger partial charge in [0.05, 0.1) is 0 Å². The molecule has 1 saturated heterocycles. The number of likely N-dealkylation sites (tertiary alicyclic amines) is 1. The first-order valence-corrected chi connectivity index (χ1v) is 10.4. The number of hydrogen-bond acceptors (Lipinski definition) is 3. The minimum Gasteiger partial charge on any atom is -0.288 e. The Morgan fingerprint density at radius 1 is 0.964 bits per heavy atom. The summed E-state index contributed by atoms with van der Waals surface area (Å²) in [5.41, 5.74) is 3.70. The number of fused-ring (bicyclic) bond motifs is 1. The van der Waals surface area contributed by atoms with Crippen LogP contribution < -0.4 is 0 Å². The van der Waals surface area contributed by atoms with Crippen LogP contribution in [-0.2, 0) is 0 Å². The zero-order chi connectivity index (χ0) is 19.6. The van der Waals surface area contributed by atoms with Gasteiger partial charge in [-0.15, -0.1) is 0 Å². The quantitative estimate of drug-likeness (QED) is 0.720. The highest BCUT2D eigenvalue weighted by molar-refractivity contribution is 6.02.